The van der Waals surface area contributed by atoms with E-state index in [-0.39, 0.29) is 35.8 Å². The molecule has 3 N–H and O–H groups in total. The summed E-state index contributed by atoms with van der Waals surface area (Å²) in [7, 11) is 0. The number of Topliss-reactive ketones (excluding diaryl/α,β-unsaturated/α-hetero) is 1. The van der Waals surface area contributed by atoms with Crippen LogP contribution < -0.4 is 16.0 Å². The van der Waals surface area contributed by atoms with Gasteiger partial charge in [-0.25, -0.2) is 4.79 Å². The SMILES string of the molecule is CCOC(=O)C1=C(N)N(c2ccc(C)c(Cl)c2)C2=C(C(=O)CC(C)(C)C2)C12C(=O)Nc1ccc(Br)cc12. The van der Waals surface area contributed by atoms with Crippen LogP contribution in [-0.4, -0.2) is 24.3 Å². The Hall–Kier alpha value is -3.10. The molecule has 3 aliphatic rings. The van der Waals surface area contributed by atoms with E-state index >= 15 is 0 Å². The number of nitrogens with zero attached hydrogens (tertiary/aromatic N) is 1. The van der Waals surface area contributed by atoms with E-state index in [9.17, 15) is 14.4 Å². The minimum absolute atomic E-state index is 0.0330. The fraction of sp³-hybridized carbons (Fsp3) is 0.321. The molecule has 0 radical (unpaired) electrons. The molecule has 1 aliphatic carbocycles. The van der Waals surface area contributed by atoms with E-state index in [1.807, 2.05) is 32.9 Å². The maximum Gasteiger partial charge on any atom is 0.339 e. The van der Waals surface area contributed by atoms with Crippen molar-refractivity contribution in [3.8, 4) is 0 Å². The van der Waals surface area contributed by atoms with Crippen molar-refractivity contribution in [1.29, 1.82) is 0 Å². The molecule has 1 atom stereocenters. The van der Waals surface area contributed by atoms with Gasteiger partial charge in [0.25, 0.3) is 0 Å². The molecule has 2 aromatic carbocycles. The molecule has 7 nitrogen and oxygen atoms in total. The lowest BCUT2D eigenvalue weighted by Crippen LogP contribution is -2.54. The van der Waals surface area contributed by atoms with Crippen molar-refractivity contribution in [2.24, 2.45) is 11.1 Å². The van der Waals surface area contributed by atoms with Crippen molar-refractivity contribution in [1.82, 2.24) is 0 Å². The minimum atomic E-state index is -1.75. The average Bonchev–Trinajstić information content (AvgIpc) is 3.06. The molecule has 192 valence electrons. The summed E-state index contributed by atoms with van der Waals surface area (Å²) in [5, 5.41) is 3.41. The molecule has 0 saturated heterocycles. The highest BCUT2D eigenvalue weighted by Crippen LogP contribution is 2.57. The number of nitrogens with one attached hydrogen (secondary N) is 1. The number of rotatable bonds is 3. The van der Waals surface area contributed by atoms with Crippen LogP contribution in [0.15, 0.2) is 63.5 Å². The topological polar surface area (TPSA) is 102 Å². The second kappa shape index (κ2) is 8.74. The van der Waals surface area contributed by atoms with Gasteiger partial charge in [-0.1, -0.05) is 47.4 Å². The highest BCUT2D eigenvalue weighted by atomic mass is 79.9. The minimum Gasteiger partial charge on any atom is -0.462 e. The third kappa shape index (κ3) is 3.72. The van der Waals surface area contributed by atoms with E-state index in [0.29, 0.717) is 38.6 Å². The zero-order valence-electron chi connectivity index (χ0n) is 21.0. The summed E-state index contributed by atoms with van der Waals surface area (Å²) in [6.07, 6.45) is 0.664. The van der Waals surface area contributed by atoms with E-state index in [1.54, 1.807) is 36.1 Å². The Labute approximate surface area is 228 Å². The van der Waals surface area contributed by atoms with Crippen LogP contribution in [0.3, 0.4) is 0 Å². The third-order valence-corrected chi connectivity index (χ3v) is 8.14. The first-order chi connectivity index (χ1) is 17.4. The molecule has 1 spiro atoms. The fourth-order valence-corrected chi connectivity index (χ4v) is 6.26. The summed E-state index contributed by atoms with van der Waals surface area (Å²) in [5.74, 6) is -1.44. The van der Waals surface area contributed by atoms with E-state index in [1.165, 1.54) is 0 Å². The zero-order chi connectivity index (χ0) is 26.9. The van der Waals surface area contributed by atoms with Crippen LogP contribution in [0, 0.1) is 12.3 Å². The molecular formula is C28H27BrClN3O4. The number of ketones is 1. The number of aryl methyl sites for hydroxylation is 1. The van der Waals surface area contributed by atoms with Gasteiger partial charge < -0.3 is 15.8 Å². The van der Waals surface area contributed by atoms with E-state index in [2.05, 4.69) is 21.2 Å². The van der Waals surface area contributed by atoms with Crippen molar-refractivity contribution in [2.75, 3.05) is 16.8 Å². The smallest absolute Gasteiger partial charge is 0.339 e. The van der Waals surface area contributed by atoms with Gasteiger partial charge >= 0.3 is 5.97 Å². The number of carbonyl (C=O) groups is 3. The third-order valence-electron chi connectivity index (χ3n) is 7.24. The Kier molecular flexibility index (Phi) is 6.03. The first kappa shape index (κ1) is 25.5. The molecule has 2 heterocycles. The van der Waals surface area contributed by atoms with Gasteiger partial charge in [-0.15, -0.1) is 0 Å². The van der Waals surface area contributed by atoms with E-state index in [0.717, 1.165) is 5.56 Å². The van der Waals surface area contributed by atoms with Crippen LogP contribution in [0.1, 0.15) is 44.7 Å². The number of anilines is 2. The summed E-state index contributed by atoms with van der Waals surface area (Å²) in [5.41, 5.74) is 7.91. The van der Waals surface area contributed by atoms with Crippen molar-refractivity contribution in [3.05, 3.63) is 79.7 Å². The summed E-state index contributed by atoms with van der Waals surface area (Å²) in [6.45, 7) is 7.64. The Morgan fingerprint density at radius 2 is 1.92 bits per heavy atom. The van der Waals surface area contributed by atoms with Crippen molar-refractivity contribution >= 4 is 56.6 Å². The average molecular weight is 585 g/mol. The van der Waals surface area contributed by atoms with Crippen LogP contribution in [0.5, 0.6) is 0 Å². The molecular weight excluding hydrogens is 558 g/mol. The first-order valence-electron chi connectivity index (χ1n) is 12.0. The maximum atomic E-state index is 14.1. The molecule has 2 aliphatic heterocycles. The predicted octanol–water partition coefficient (Wildman–Crippen LogP) is 5.50. The lowest BCUT2D eigenvalue weighted by atomic mass is 9.60. The standard InChI is InChI=1S/C28H27BrClN3O4/c1-5-37-25(35)23-24(31)33(16-8-6-14(2)18(30)11-16)20-12-27(3,4)13-21(34)22(20)28(23)17-10-15(29)7-9-19(17)32-26(28)36/h6-11H,5,12-13,31H2,1-4H3,(H,32,36). The number of nitrogens with two attached hydrogens (primary N) is 1. The van der Waals surface area contributed by atoms with Gasteiger partial charge in [-0.2, -0.15) is 0 Å². The Morgan fingerprint density at radius 1 is 1.19 bits per heavy atom. The molecule has 0 fully saturated rings. The zero-order valence-corrected chi connectivity index (χ0v) is 23.3. The second-order valence-corrected chi connectivity index (χ2v) is 11.7. The molecule has 9 heteroatoms. The summed E-state index contributed by atoms with van der Waals surface area (Å²) in [4.78, 5) is 43.5. The quantitative estimate of drug-likeness (QED) is 0.462. The Morgan fingerprint density at radius 3 is 2.59 bits per heavy atom. The van der Waals surface area contributed by atoms with Crippen molar-refractivity contribution in [3.63, 3.8) is 0 Å². The van der Waals surface area contributed by atoms with E-state index < -0.39 is 22.7 Å². The molecule has 2 aromatic rings. The molecule has 37 heavy (non-hydrogen) atoms. The van der Waals surface area contributed by atoms with Crippen LogP contribution in [0.2, 0.25) is 5.02 Å². The van der Waals surface area contributed by atoms with Crippen molar-refractivity contribution in [2.45, 2.75) is 46.0 Å². The number of halogens is 2. The number of amides is 1. The molecule has 0 bridgehead atoms. The van der Waals surface area contributed by atoms with Gasteiger partial charge in [0.2, 0.25) is 5.91 Å². The Balaban J connectivity index is 1.93. The highest BCUT2D eigenvalue weighted by Gasteiger charge is 2.63. The highest BCUT2D eigenvalue weighted by molar-refractivity contribution is 9.10. The lowest BCUT2D eigenvalue weighted by Gasteiger charge is -2.47. The second-order valence-electron chi connectivity index (χ2n) is 10.4. The number of carbonyl (C=O) groups excluding carboxylic acids is 3. The van der Waals surface area contributed by atoms with Crippen LogP contribution in [0.4, 0.5) is 11.4 Å². The van der Waals surface area contributed by atoms with Crippen LogP contribution >= 0.6 is 27.5 Å². The largest absolute Gasteiger partial charge is 0.462 e. The van der Waals surface area contributed by atoms with Gasteiger partial charge in [-0.05, 0) is 61.6 Å². The van der Waals surface area contributed by atoms with Gasteiger partial charge in [0, 0.05) is 44.1 Å². The van der Waals surface area contributed by atoms with Gasteiger partial charge in [0.05, 0.1) is 6.61 Å². The summed E-state index contributed by atoms with van der Waals surface area (Å²) in [6, 6.07) is 10.7. The fourth-order valence-electron chi connectivity index (χ4n) is 5.73. The van der Waals surface area contributed by atoms with E-state index in [4.69, 9.17) is 22.1 Å². The molecule has 1 amide bonds. The van der Waals surface area contributed by atoms with Crippen LogP contribution in [0.25, 0.3) is 0 Å². The summed E-state index contributed by atoms with van der Waals surface area (Å²) >= 11 is 9.98. The van der Waals surface area contributed by atoms with Gasteiger partial charge in [-0.3, -0.25) is 14.5 Å². The van der Waals surface area contributed by atoms with Crippen LogP contribution in [-0.2, 0) is 24.5 Å². The number of benzene rings is 2. The molecule has 0 saturated carbocycles. The number of hydrogen-bond acceptors (Lipinski definition) is 6. The number of fused-ring (bicyclic) bond motifs is 3. The number of allylic oxidation sites excluding steroid dienone is 1. The molecule has 1 unspecified atom stereocenters. The summed E-state index contributed by atoms with van der Waals surface area (Å²) < 4.78 is 6.16. The lowest BCUT2D eigenvalue weighted by molar-refractivity contribution is -0.140. The molecule has 0 aromatic heterocycles. The number of esters is 1. The maximum absolute atomic E-state index is 14.1. The normalized spacial score (nSPS) is 22.3. The molecule has 5 rings (SSSR count). The van der Waals surface area contributed by atoms with Gasteiger partial charge in [0.1, 0.15) is 16.8 Å². The first-order valence-corrected chi connectivity index (χ1v) is 13.2. The number of hydrogen-bond donors (Lipinski definition) is 2. The monoisotopic (exact) mass is 583 g/mol. The van der Waals surface area contributed by atoms with Crippen molar-refractivity contribution < 1.29 is 19.1 Å². The van der Waals surface area contributed by atoms with Gasteiger partial charge in [0.15, 0.2) is 5.78 Å². The Bertz CT molecular complexity index is 1460. The number of ether oxygens (including phenoxy) is 1. The predicted molar refractivity (Wildman–Crippen MR) is 146 cm³/mol.